The van der Waals surface area contributed by atoms with Crippen LogP contribution in [0.5, 0.6) is 11.5 Å². The van der Waals surface area contributed by atoms with Crippen LogP contribution in [0, 0.1) is 12.7 Å². The summed E-state index contributed by atoms with van der Waals surface area (Å²) in [4.78, 5) is 26.3. The number of rotatable bonds is 9. The van der Waals surface area contributed by atoms with Crippen LogP contribution in [-0.4, -0.2) is 44.5 Å². The summed E-state index contributed by atoms with van der Waals surface area (Å²) in [7, 11) is 0.100. The van der Waals surface area contributed by atoms with Crippen molar-refractivity contribution in [3.63, 3.8) is 0 Å². The van der Waals surface area contributed by atoms with Gasteiger partial charge in [-0.25, -0.2) is 17.5 Å². The number of carbonyl (C=O) groups excluding carboxylic acids is 1. The van der Waals surface area contributed by atoms with Crippen molar-refractivity contribution >= 4 is 27.3 Å². The zero-order valence-corrected chi connectivity index (χ0v) is 22.5. The molecule has 4 aromatic rings. The standard InChI is InChI=1S/C27H27FN4O6S/c1-18-26(27(34)32(30(18)2)21-8-6-5-7-9-21)29-25(33)17-31(20-12-10-19(28)11-13-20)39(35,36)22-14-15-23(37-3)24(16-22)38-4/h5-16H,17H2,1-4H3,(H,29,33). The van der Waals surface area contributed by atoms with Crippen LogP contribution in [0.3, 0.4) is 0 Å². The highest BCUT2D eigenvalue weighted by molar-refractivity contribution is 7.92. The molecule has 1 heterocycles. The predicted molar refractivity (Wildman–Crippen MR) is 145 cm³/mol. The molecule has 1 amide bonds. The Hall–Kier alpha value is -4.58. The summed E-state index contributed by atoms with van der Waals surface area (Å²) in [6, 6.07) is 17.5. The molecule has 0 radical (unpaired) electrons. The number of carbonyl (C=O) groups is 1. The summed E-state index contributed by atoms with van der Waals surface area (Å²) in [6.45, 7) is 0.968. The van der Waals surface area contributed by atoms with Crippen molar-refractivity contribution < 1.29 is 27.1 Å². The highest BCUT2D eigenvalue weighted by atomic mass is 32.2. The van der Waals surface area contributed by atoms with Gasteiger partial charge >= 0.3 is 0 Å². The van der Waals surface area contributed by atoms with Gasteiger partial charge in [-0.1, -0.05) is 18.2 Å². The molecule has 0 spiro atoms. The van der Waals surface area contributed by atoms with Crippen LogP contribution in [0.25, 0.3) is 5.69 Å². The first kappa shape index (κ1) is 27.5. The molecule has 3 aromatic carbocycles. The van der Waals surface area contributed by atoms with Gasteiger partial charge in [0.05, 0.1) is 36.2 Å². The van der Waals surface area contributed by atoms with Gasteiger partial charge in [0, 0.05) is 13.1 Å². The van der Waals surface area contributed by atoms with Crippen LogP contribution < -0.4 is 24.7 Å². The van der Waals surface area contributed by atoms with E-state index in [0.29, 0.717) is 17.1 Å². The van der Waals surface area contributed by atoms with Crippen LogP contribution in [0.4, 0.5) is 15.8 Å². The predicted octanol–water partition coefficient (Wildman–Crippen LogP) is 3.47. The van der Waals surface area contributed by atoms with Crippen molar-refractivity contribution in [2.75, 3.05) is 30.4 Å². The largest absolute Gasteiger partial charge is 0.493 e. The number of ether oxygens (including phenoxy) is 2. The van der Waals surface area contributed by atoms with Crippen molar-refractivity contribution in [3.05, 3.63) is 94.7 Å². The third-order valence-corrected chi connectivity index (χ3v) is 7.93. The van der Waals surface area contributed by atoms with E-state index in [1.165, 1.54) is 49.2 Å². The lowest BCUT2D eigenvalue weighted by Gasteiger charge is -2.24. The summed E-state index contributed by atoms with van der Waals surface area (Å²) in [5.74, 6) is -0.859. The molecule has 0 bridgehead atoms. The van der Waals surface area contributed by atoms with Crippen molar-refractivity contribution in [2.24, 2.45) is 7.05 Å². The number of amides is 1. The Labute approximate surface area is 224 Å². The molecular formula is C27H27FN4O6S. The lowest BCUT2D eigenvalue weighted by molar-refractivity contribution is -0.114. The third-order valence-electron chi connectivity index (χ3n) is 6.16. The Kier molecular flexibility index (Phi) is 7.77. The lowest BCUT2D eigenvalue weighted by atomic mass is 10.3. The van der Waals surface area contributed by atoms with Gasteiger partial charge in [0.25, 0.3) is 15.6 Å². The summed E-state index contributed by atoms with van der Waals surface area (Å²) < 4.78 is 55.4. The fourth-order valence-electron chi connectivity index (χ4n) is 4.05. The number of methoxy groups -OCH3 is 2. The first-order chi connectivity index (χ1) is 18.6. The Morgan fingerprint density at radius 2 is 1.62 bits per heavy atom. The molecule has 1 N–H and O–H groups in total. The fourth-order valence-corrected chi connectivity index (χ4v) is 5.49. The quantitative estimate of drug-likeness (QED) is 0.339. The molecule has 12 heteroatoms. The van der Waals surface area contributed by atoms with E-state index in [1.54, 1.807) is 42.9 Å². The van der Waals surface area contributed by atoms with Gasteiger partial charge in [-0.05, 0) is 55.5 Å². The van der Waals surface area contributed by atoms with E-state index in [2.05, 4.69) is 5.32 Å². The van der Waals surface area contributed by atoms with Crippen LogP contribution >= 0.6 is 0 Å². The van der Waals surface area contributed by atoms with Crippen molar-refractivity contribution in [1.82, 2.24) is 9.36 Å². The number of benzene rings is 3. The minimum Gasteiger partial charge on any atom is -0.493 e. The van der Waals surface area contributed by atoms with Gasteiger partial charge < -0.3 is 14.8 Å². The topological polar surface area (TPSA) is 112 Å². The minimum atomic E-state index is -4.35. The smallest absolute Gasteiger partial charge is 0.295 e. The molecule has 0 unspecified atom stereocenters. The summed E-state index contributed by atoms with van der Waals surface area (Å²) in [5.41, 5.74) is 0.637. The van der Waals surface area contributed by atoms with E-state index in [0.717, 1.165) is 16.4 Å². The number of sulfonamides is 1. The molecule has 0 saturated heterocycles. The van der Waals surface area contributed by atoms with E-state index in [9.17, 15) is 22.4 Å². The summed E-state index contributed by atoms with van der Waals surface area (Å²) in [6.07, 6.45) is 0. The highest BCUT2D eigenvalue weighted by Crippen LogP contribution is 2.32. The molecule has 204 valence electrons. The summed E-state index contributed by atoms with van der Waals surface area (Å²) >= 11 is 0. The number of halogens is 1. The molecular weight excluding hydrogens is 527 g/mol. The molecule has 4 rings (SSSR count). The highest BCUT2D eigenvalue weighted by Gasteiger charge is 2.29. The van der Waals surface area contributed by atoms with Gasteiger partial charge in [-0.2, -0.15) is 0 Å². The third kappa shape index (κ3) is 5.36. The van der Waals surface area contributed by atoms with Crippen molar-refractivity contribution in [1.29, 1.82) is 0 Å². The van der Waals surface area contributed by atoms with Crippen molar-refractivity contribution in [2.45, 2.75) is 11.8 Å². The second-order valence-electron chi connectivity index (χ2n) is 8.49. The first-order valence-electron chi connectivity index (χ1n) is 11.7. The molecule has 0 aliphatic heterocycles. The van der Waals surface area contributed by atoms with Crippen LogP contribution in [0.1, 0.15) is 5.69 Å². The molecule has 0 fully saturated rings. The Balaban J connectivity index is 1.71. The number of nitrogens with one attached hydrogen (secondary N) is 1. The SMILES string of the molecule is COc1ccc(S(=O)(=O)N(CC(=O)Nc2c(C)n(C)n(-c3ccccc3)c2=O)c2ccc(F)cc2)cc1OC. The van der Waals surface area contributed by atoms with E-state index in [1.807, 2.05) is 6.07 Å². The average molecular weight is 555 g/mol. The van der Waals surface area contributed by atoms with Crippen LogP contribution in [0.15, 0.2) is 82.5 Å². The van der Waals surface area contributed by atoms with Gasteiger partial charge in [0.1, 0.15) is 18.0 Å². The van der Waals surface area contributed by atoms with E-state index in [-0.39, 0.29) is 22.0 Å². The first-order valence-corrected chi connectivity index (χ1v) is 13.2. The van der Waals surface area contributed by atoms with E-state index < -0.39 is 33.9 Å². The van der Waals surface area contributed by atoms with Crippen LogP contribution in [-0.2, 0) is 21.9 Å². The maximum absolute atomic E-state index is 13.7. The van der Waals surface area contributed by atoms with Gasteiger partial charge in [-0.15, -0.1) is 0 Å². The normalized spacial score (nSPS) is 11.2. The Morgan fingerprint density at radius 1 is 0.974 bits per heavy atom. The van der Waals surface area contributed by atoms with E-state index >= 15 is 0 Å². The Bertz CT molecular complexity index is 1670. The fraction of sp³-hybridized carbons (Fsp3) is 0.185. The van der Waals surface area contributed by atoms with Crippen LogP contribution in [0.2, 0.25) is 0 Å². The summed E-state index contributed by atoms with van der Waals surface area (Å²) in [5, 5.41) is 2.57. The number of hydrogen-bond donors (Lipinski definition) is 1. The Morgan fingerprint density at radius 3 is 2.23 bits per heavy atom. The molecule has 0 atom stereocenters. The number of para-hydroxylation sites is 1. The maximum atomic E-state index is 13.7. The second kappa shape index (κ2) is 11.0. The van der Waals surface area contributed by atoms with Crippen molar-refractivity contribution in [3.8, 4) is 17.2 Å². The molecule has 0 aliphatic carbocycles. The molecule has 0 saturated carbocycles. The number of hydrogen-bond acceptors (Lipinski definition) is 6. The molecule has 1 aromatic heterocycles. The van der Waals surface area contributed by atoms with Gasteiger partial charge in [0.15, 0.2) is 11.5 Å². The average Bonchev–Trinajstić information content (AvgIpc) is 3.15. The minimum absolute atomic E-state index is 0.00826. The zero-order chi connectivity index (χ0) is 28.3. The maximum Gasteiger partial charge on any atom is 0.295 e. The zero-order valence-electron chi connectivity index (χ0n) is 21.7. The number of nitrogens with zero attached hydrogens (tertiary/aromatic N) is 3. The van der Waals surface area contributed by atoms with Gasteiger partial charge in [0.2, 0.25) is 5.91 Å². The molecule has 10 nitrogen and oxygen atoms in total. The second-order valence-corrected chi connectivity index (χ2v) is 10.4. The molecule has 0 aliphatic rings. The lowest BCUT2D eigenvalue weighted by Crippen LogP contribution is -2.38. The number of aromatic nitrogens is 2. The van der Waals surface area contributed by atoms with Gasteiger partial charge in [-0.3, -0.25) is 18.6 Å². The van der Waals surface area contributed by atoms with E-state index in [4.69, 9.17) is 9.47 Å². The molecule has 39 heavy (non-hydrogen) atoms. The number of anilines is 2. The monoisotopic (exact) mass is 554 g/mol.